The molecular formula is C8H13NO. The topological polar surface area (TPSA) is 20.3 Å². The van der Waals surface area contributed by atoms with Gasteiger partial charge in [-0.05, 0) is 18.8 Å². The normalized spacial score (nSPS) is 18.8. The molecule has 1 aliphatic rings. The number of carbonyl (C=O) groups is 1. The second-order valence-corrected chi connectivity index (χ2v) is 2.98. The van der Waals surface area contributed by atoms with Gasteiger partial charge in [-0.15, -0.1) is 0 Å². The minimum absolute atomic E-state index is 0.569. The summed E-state index contributed by atoms with van der Waals surface area (Å²) < 4.78 is 0. The molecule has 0 unspecified atom stereocenters. The fraction of sp³-hybridized carbons (Fsp3) is 0.625. The van der Waals surface area contributed by atoms with Crippen molar-refractivity contribution in [2.75, 3.05) is 14.1 Å². The van der Waals surface area contributed by atoms with E-state index in [4.69, 9.17) is 0 Å². The van der Waals surface area contributed by atoms with Crippen LogP contribution in [-0.4, -0.2) is 25.3 Å². The zero-order valence-electron chi connectivity index (χ0n) is 6.50. The van der Waals surface area contributed by atoms with Crippen molar-refractivity contribution >= 4 is 6.29 Å². The second-order valence-electron chi connectivity index (χ2n) is 2.98. The summed E-state index contributed by atoms with van der Waals surface area (Å²) in [7, 11) is 3.87. The predicted molar refractivity (Wildman–Crippen MR) is 40.6 cm³/mol. The largest absolute Gasteiger partial charge is 0.383 e. The van der Waals surface area contributed by atoms with Crippen LogP contribution in [0, 0.1) is 5.92 Å². The molecule has 2 nitrogen and oxygen atoms in total. The first-order valence-corrected chi connectivity index (χ1v) is 3.57. The molecule has 0 N–H and O–H groups in total. The van der Waals surface area contributed by atoms with E-state index in [1.807, 2.05) is 25.2 Å². The van der Waals surface area contributed by atoms with E-state index < -0.39 is 0 Å². The van der Waals surface area contributed by atoms with Gasteiger partial charge in [0.15, 0.2) is 0 Å². The first-order chi connectivity index (χ1) is 4.74. The van der Waals surface area contributed by atoms with E-state index in [2.05, 4.69) is 0 Å². The molecule has 0 aromatic carbocycles. The molecular weight excluding hydrogens is 126 g/mol. The lowest BCUT2D eigenvalue weighted by molar-refractivity contribution is -0.105. The smallest absolute Gasteiger partial charge is 0.147 e. The molecule has 1 aliphatic carbocycles. The number of hydrogen-bond donors (Lipinski definition) is 0. The maximum absolute atomic E-state index is 10.4. The molecule has 10 heavy (non-hydrogen) atoms. The maximum Gasteiger partial charge on any atom is 0.147 e. The van der Waals surface area contributed by atoms with E-state index in [-0.39, 0.29) is 0 Å². The number of aldehydes is 1. The van der Waals surface area contributed by atoms with Gasteiger partial charge in [0, 0.05) is 25.9 Å². The Hall–Kier alpha value is -0.790. The Morgan fingerprint density at radius 1 is 1.50 bits per heavy atom. The van der Waals surface area contributed by atoms with Crippen LogP contribution >= 0.6 is 0 Å². The molecule has 0 radical (unpaired) electrons. The molecule has 0 aromatic rings. The van der Waals surface area contributed by atoms with Gasteiger partial charge in [0.25, 0.3) is 0 Å². The fourth-order valence-corrected chi connectivity index (χ4v) is 0.947. The zero-order valence-corrected chi connectivity index (χ0v) is 6.50. The van der Waals surface area contributed by atoms with Gasteiger partial charge in [-0.3, -0.25) is 4.79 Å². The SMILES string of the molecule is CN(C)C=C(C=O)C1CC1. The van der Waals surface area contributed by atoms with Crippen LogP contribution in [-0.2, 0) is 4.79 Å². The van der Waals surface area contributed by atoms with Crippen LogP contribution in [0.3, 0.4) is 0 Å². The van der Waals surface area contributed by atoms with Gasteiger partial charge in [0.2, 0.25) is 0 Å². The first-order valence-electron chi connectivity index (χ1n) is 3.57. The number of nitrogens with zero attached hydrogens (tertiary/aromatic N) is 1. The summed E-state index contributed by atoms with van der Waals surface area (Å²) in [6.07, 6.45) is 5.26. The van der Waals surface area contributed by atoms with Crippen LogP contribution in [0.25, 0.3) is 0 Å². The van der Waals surface area contributed by atoms with E-state index in [9.17, 15) is 4.79 Å². The van der Waals surface area contributed by atoms with Crippen LogP contribution in [0.2, 0.25) is 0 Å². The van der Waals surface area contributed by atoms with E-state index >= 15 is 0 Å². The highest BCUT2D eigenvalue weighted by molar-refractivity contribution is 5.74. The number of hydrogen-bond acceptors (Lipinski definition) is 2. The number of carbonyl (C=O) groups excluding carboxylic acids is 1. The molecule has 0 bridgehead atoms. The summed E-state index contributed by atoms with van der Waals surface area (Å²) in [5.74, 6) is 0.569. The Balaban J connectivity index is 2.53. The van der Waals surface area contributed by atoms with Crippen LogP contribution in [0.5, 0.6) is 0 Å². The number of rotatable bonds is 3. The Labute approximate surface area is 61.5 Å². The van der Waals surface area contributed by atoms with Gasteiger partial charge in [0.1, 0.15) is 6.29 Å². The van der Waals surface area contributed by atoms with Crippen molar-refractivity contribution in [1.29, 1.82) is 0 Å². The predicted octanol–water partition coefficient (Wildman–Crippen LogP) is 1.04. The number of allylic oxidation sites excluding steroid dienone is 1. The summed E-state index contributed by atoms with van der Waals surface area (Å²) in [6, 6.07) is 0. The molecule has 0 aromatic heterocycles. The Morgan fingerprint density at radius 3 is 2.40 bits per heavy atom. The molecule has 0 heterocycles. The summed E-state index contributed by atoms with van der Waals surface area (Å²) >= 11 is 0. The fourth-order valence-electron chi connectivity index (χ4n) is 0.947. The molecule has 0 saturated heterocycles. The van der Waals surface area contributed by atoms with Gasteiger partial charge < -0.3 is 4.90 Å². The molecule has 0 spiro atoms. The Bertz CT molecular complexity index is 157. The quantitative estimate of drug-likeness (QED) is 0.430. The van der Waals surface area contributed by atoms with Gasteiger partial charge in [-0.1, -0.05) is 0 Å². The average Bonchev–Trinajstić information content (AvgIpc) is 2.63. The Kier molecular flexibility index (Phi) is 2.10. The van der Waals surface area contributed by atoms with Crippen molar-refractivity contribution in [3.8, 4) is 0 Å². The minimum Gasteiger partial charge on any atom is -0.383 e. The van der Waals surface area contributed by atoms with Crippen molar-refractivity contribution in [1.82, 2.24) is 4.90 Å². The zero-order chi connectivity index (χ0) is 7.56. The van der Waals surface area contributed by atoms with E-state index in [0.29, 0.717) is 5.92 Å². The van der Waals surface area contributed by atoms with Crippen molar-refractivity contribution < 1.29 is 4.79 Å². The molecule has 0 atom stereocenters. The average molecular weight is 139 g/mol. The standard InChI is InChI=1S/C8H13NO/c1-9(2)5-8(6-10)7-3-4-7/h5-7H,3-4H2,1-2H3. The highest BCUT2D eigenvalue weighted by Gasteiger charge is 2.25. The Morgan fingerprint density at radius 2 is 2.10 bits per heavy atom. The van der Waals surface area contributed by atoms with Crippen LogP contribution in [0.15, 0.2) is 11.8 Å². The molecule has 1 rings (SSSR count). The van der Waals surface area contributed by atoms with E-state index in [0.717, 1.165) is 11.9 Å². The van der Waals surface area contributed by atoms with Crippen molar-refractivity contribution in [2.45, 2.75) is 12.8 Å². The molecule has 0 amide bonds. The third-order valence-corrected chi connectivity index (χ3v) is 1.59. The molecule has 2 heteroatoms. The molecule has 56 valence electrons. The summed E-state index contributed by atoms with van der Waals surface area (Å²) in [5.41, 5.74) is 0.949. The van der Waals surface area contributed by atoms with Gasteiger partial charge in [0.05, 0.1) is 0 Å². The third-order valence-electron chi connectivity index (χ3n) is 1.59. The molecule has 1 saturated carbocycles. The van der Waals surface area contributed by atoms with Crippen molar-refractivity contribution in [3.63, 3.8) is 0 Å². The second kappa shape index (κ2) is 2.86. The third kappa shape index (κ3) is 1.87. The van der Waals surface area contributed by atoms with E-state index in [1.54, 1.807) is 0 Å². The van der Waals surface area contributed by atoms with Crippen molar-refractivity contribution in [3.05, 3.63) is 11.8 Å². The van der Waals surface area contributed by atoms with Crippen molar-refractivity contribution in [2.24, 2.45) is 5.92 Å². The van der Waals surface area contributed by atoms with Crippen LogP contribution in [0.4, 0.5) is 0 Å². The van der Waals surface area contributed by atoms with Gasteiger partial charge in [-0.25, -0.2) is 0 Å². The summed E-state index contributed by atoms with van der Waals surface area (Å²) in [6.45, 7) is 0. The highest BCUT2D eigenvalue weighted by Crippen LogP contribution is 2.35. The lowest BCUT2D eigenvalue weighted by Gasteiger charge is -2.05. The summed E-state index contributed by atoms with van der Waals surface area (Å²) in [4.78, 5) is 12.3. The highest BCUT2D eigenvalue weighted by atomic mass is 16.1. The van der Waals surface area contributed by atoms with Gasteiger partial charge >= 0.3 is 0 Å². The minimum atomic E-state index is 0.569. The molecule has 1 fully saturated rings. The van der Waals surface area contributed by atoms with E-state index in [1.165, 1.54) is 12.8 Å². The monoisotopic (exact) mass is 139 g/mol. The maximum atomic E-state index is 10.4. The summed E-state index contributed by atoms with van der Waals surface area (Å²) in [5, 5.41) is 0. The lowest BCUT2D eigenvalue weighted by Crippen LogP contribution is -2.04. The first kappa shape index (κ1) is 7.32. The van der Waals surface area contributed by atoms with Gasteiger partial charge in [-0.2, -0.15) is 0 Å². The van der Waals surface area contributed by atoms with Crippen LogP contribution < -0.4 is 0 Å². The molecule has 0 aliphatic heterocycles. The van der Waals surface area contributed by atoms with Crippen LogP contribution in [0.1, 0.15) is 12.8 Å². The lowest BCUT2D eigenvalue weighted by atomic mass is 10.2.